The first-order valence-corrected chi connectivity index (χ1v) is 5.41. The highest BCUT2D eigenvalue weighted by Gasteiger charge is 2.34. The Morgan fingerprint density at radius 3 is 2.50 bits per heavy atom. The van der Waals surface area contributed by atoms with Crippen LogP contribution in [0.4, 0.5) is 0 Å². The van der Waals surface area contributed by atoms with Crippen LogP contribution in [0.5, 0.6) is 0 Å². The van der Waals surface area contributed by atoms with Crippen molar-refractivity contribution in [2.45, 2.75) is 32.1 Å². The quantitative estimate of drug-likeness (QED) is 0.709. The van der Waals surface area contributed by atoms with Gasteiger partial charge in [-0.2, -0.15) is 0 Å². The van der Waals surface area contributed by atoms with Crippen molar-refractivity contribution < 1.29 is 4.79 Å². The van der Waals surface area contributed by atoms with Crippen molar-refractivity contribution in [3.05, 3.63) is 35.9 Å². The van der Waals surface area contributed by atoms with E-state index in [0.29, 0.717) is 11.7 Å². The van der Waals surface area contributed by atoms with E-state index in [1.807, 2.05) is 18.2 Å². The Balaban J connectivity index is 2.16. The lowest BCUT2D eigenvalue weighted by atomic mass is 9.90. The highest BCUT2D eigenvalue weighted by atomic mass is 16.1. The van der Waals surface area contributed by atoms with Crippen LogP contribution in [0.15, 0.2) is 30.3 Å². The summed E-state index contributed by atoms with van der Waals surface area (Å²) in [6.45, 7) is 2.10. The standard InChI is InChI=1S/C13H16O/c1-2-12(13(14)11-8-9-11)10-6-4-3-5-7-10/h3-7,11-12H,2,8-9H2,1H3. The normalized spacial score (nSPS) is 17.8. The van der Waals surface area contributed by atoms with Gasteiger partial charge in [-0.15, -0.1) is 0 Å². The maximum Gasteiger partial charge on any atom is 0.143 e. The molecular formula is C13H16O. The minimum absolute atomic E-state index is 0.142. The Labute approximate surface area is 85.1 Å². The molecule has 1 aromatic rings. The fourth-order valence-electron chi connectivity index (χ4n) is 1.94. The Kier molecular flexibility index (Phi) is 2.67. The maximum absolute atomic E-state index is 11.9. The van der Waals surface area contributed by atoms with Crippen LogP contribution in [-0.2, 0) is 4.79 Å². The lowest BCUT2D eigenvalue weighted by Gasteiger charge is -2.13. The van der Waals surface area contributed by atoms with E-state index in [4.69, 9.17) is 0 Å². The average Bonchev–Trinajstić information content (AvgIpc) is 3.03. The molecule has 1 nitrogen and oxygen atoms in total. The van der Waals surface area contributed by atoms with Crippen molar-refractivity contribution in [1.29, 1.82) is 0 Å². The summed E-state index contributed by atoms with van der Waals surface area (Å²) in [5.74, 6) is 0.975. The molecule has 1 aliphatic carbocycles. The van der Waals surface area contributed by atoms with Crippen molar-refractivity contribution in [3.63, 3.8) is 0 Å². The van der Waals surface area contributed by atoms with Crippen molar-refractivity contribution >= 4 is 5.78 Å². The van der Waals surface area contributed by atoms with Gasteiger partial charge >= 0.3 is 0 Å². The van der Waals surface area contributed by atoms with Gasteiger partial charge in [0.25, 0.3) is 0 Å². The number of hydrogen-bond acceptors (Lipinski definition) is 1. The molecule has 2 rings (SSSR count). The van der Waals surface area contributed by atoms with E-state index in [2.05, 4.69) is 19.1 Å². The highest BCUT2D eigenvalue weighted by Crippen LogP contribution is 2.36. The van der Waals surface area contributed by atoms with Crippen LogP contribution in [0.1, 0.15) is 37.7 Å². The first-order chi connectivity index (χ1) is 6.83. The predicted octanol–water partition coefficient (Wildman–Crippen LogP) is 3.16. The summed E-state index contributed by atoms with van der Waals surface area (Å²) in [5, 5.41) is 0. The fourth-order valence-corrected chi connectivity index (χ4v) is 1.94. The van der Waals surface area contributed by atoms with E-state index in [-0.39, 0.29) is 5.92 Å². The summed E-state index contributed by atoms with van der Waals surface area (Å²) in [6, 6.07) is 10.1. The van der Waals surface area contributed by atoms with Crippen LogP contribution in [0.3, 0.4) is 0 Å². The molecule has 1 atom stereocenters. The SMILES string of the molecule is CCC(C(=O)C1CC1)c1ccccc1. The molecule has 0 heterocycles. The molecule has 1 aromatic carbocycles. The topological polar surface area (TPSA) is 17.1 Å². The van der Waals surface area contributed by atoms with Gasteiger partial charge in [0.1, 0.15) is 5.78 Å². The Morgan fingerprint density at radius 1 is 1.36 bits per heavy atom. The molecule has 1 unspecified atom stereocenters. The zero-order valence-electron chi connectivity index (χ0n) is 8.57. The summed E-state index contributed by atoms with van der Waals surface area (Å²) in [7, 11) is 0. The molecule has 74 valence electrons. The number of carbonyl (C=O) groups is 1. The van der Waals surface area contributed by atoms with Crippen LogP contribution in [0.2, 0.25) is 0 Å². The zero-order valence-corrected chi connectivity index (χ0v) is 8.57. The minimum atomic E-state index is 0.142. The van der Waals surface area contributed by atoms with E-state index in [9.17, 15) is 4.79 Å². The van der Waals surface area contributed by atoms with Gasteiger partial charge in [0.15, 0.2) is 0 Å². The first kappa shape index (κ1) is 9.45. The number of hydrogen-bond donors (Lipinski definition) is 0. The molecule has 1 aliphatic rings. The number of benzene rings is 1. The second-order valence-corrected chi connectivity index (χ2v) is 4.05. The molecule has 0 radical (unpaired) electrons. The minimum Gasteiger partial charge on any atom is -0.299 e. The average molecular weight is 188 g/mol. The van der Waals surface area contributed by atoms with Crippen LogP contribution >= 0.6 is 0 Å². The molecule has 1 heteroatoms. The molecule has 0 amide bonds. The van der Waals surface area contributed by atoms with Crippen LogP contribution in [0, 0.1) is 5.92 Å². The lowest BCUT2D eigenvalue weighted by Crippen LogP contribution is -2.13. The largest absolute Gasteiger partial charge is 0.299 e. The molecule has 0 bridgehead atoms. The molecule has 0 N–H and O–H groups in total. The number of rotatable bonds is 4. The van der Waals surface area contributed by atoms with Gasteiger partial charge in [-0.25, -0.2) is 0 Å². The van der Waals surface area contributed by atoms with Crippen molar-refractivity contribution in [2.24, 2.45) is 5.92 Å². The molecule has 1 saturated carbocycles. The summed E-state index contributed by atoms with van der Waals surface area (Å²) >= 11 is 0. The Morgan fingerprint density at radius 2 is 2.00 bits per heavy atom. The number of carbonyl (C=O) groups excluding carboxylic acids is 1. The van der Waals surface area contributed by atoms with Gasteiger partial charge < -0.3 is 0 Å². The zero-order chi connectivity index (χ0) is 9.97. The Bertz CT molecular complexity index is 311. The molecule has 0 saturated heterocycles. The van der Waals surface area contributed by atoms with E-state index < -0.39 is 0 Å². The Hall–Kier alpha value is -1.11. The third kappa shape index (κ3) is 1.87. The summed E-state index contributed by atoms with van der Waals surface area (Å²) in [5.41, 5.74) is 1.19. The summed E-state index contributed by atoms with van der Waals surface area (Å²) in [6.07, 6.45) is 3.16. The van der Waals surface area contributed by atoms with E-state index in [1.165, 1.54) is 5.56 Å². The van der Waals surface area contributed by atoms with E-state index >= 15 is 0 Å². The van der Waals surface area contributed by atoms with Gasteiger partial charge in [-0.1, -0.05) is 37.3 Å². The van der Waals surface area contributed by atoms with Gasteiger partial charge in [-0.05, 0) is 24.8 Å². The smallest absolute Gasteiger partial charge is 0.143 e. The molecule has 1 fully saturated rings. The van der Waals surface area contributed by atoms with Gasteiger partial charge in [0.05, 0.1) is 0 Å². The fraction of sp³-hybridized carbons (Fsp3) is 0.462. The lowest BCUT2D eigenvalue weighted by molar-refractivity contribution is -0.121. The third-order valence-corrected chi connectivity index (χ3v) is 2.93. The second-order valence-electron chi connectivity index (χ2n) is 4.05. The first-order valence-electron chi connectivity index (χ1n) is 5.41. The molecule has 0 aromatic heterocycles. The predicted molar refractivity (Wildman–Crippen MR) is 57.2 cm³/mol. The maximum atomic E-state index is 11.9. The van der Waals surface area contributed by atoms with Crippen LogP contribution < -0.4 is 0 Å². The van der Waals surface area contributed by atoms with Gasteiger partial charge in [0, 0.05) is 11.8 Å². The number of Topliss-reactive ketones (excluding diaryl/α,β-unsaturated/α-hetero) is 1. The van der Waals surface area contributed by atoms with Crippen LogP contribution in [-0.4, -0.2) is 5.78 Å². The third-order valence-electron chi connectivity index (χ3n) is 2.93. The highest BCUT2D eigenvalue weighted by molar-refractivity contribution is 5.89. The summed E-state index contributed by atoms with van der Waals surface area (Å²) in [4.78, 5) is 11.9. The molecule has 0 spiro atoms. The van der Waals surface area contributed by atoms with Gasteiger partial charge in [0.2, 0.25) is 0 Å². The second kappa shape index (κ2) is 3.95. The van der Waals surface area contributed by atoms with Crippen LogP contribution in [0.25, 0.3) is 0 Å². The van der Waals surface area contributed by atoms with E-state index in [0.717, 1.165) is 19.3 Å². The molecule has 0 aliphatic heterocycles. The molecular weight excluding hydrogens is 172 g/mol. The summed E-state index contributed by atoms with van der Waals surface area (Å²) < 4.78 is 0. The van der Waals surface area contributed by atoms with Gasteiger partial charge in [-0.3, -0.25) is 4.79 Å². The molecule has 14 heavy (non-hydrogen) atoms. The monoisotopic (exact) mass is 188 g/mol. The van der Waals surface area contributed by atoms with Crippen molar-refractivity contribution in [1.82, 2.24) is 0 Å². The number of ketones is 1. The van der Waals surface area contributed by atoms with E-state index in [1.54, 1.807) is 0 Å². The van der Waals surface area contributed by atoms with Crippen molar-refractivity contribution in [3.8, 4) is 0 Å². The van der Waals surface area contributed by atoms with Crippen molar-refractivity contribution in [2.75, 3.05) is 0 Å².